The number of nitrogens with one attached hydrogen (secondary N) is 3. The van der Waals surface area contributed by atoms with Gasteiger partial charge in [0.2, 0.25) is 5.91 Å². The number of aromatic amines is 1. The number of phenols is 1. The molecule has 67 heavy (non-hydrogen) atoms. The average molecular weight is 964 g/mol. The molecule has 0 aliphatic carbocycles. The number of aliphatic carboxylic acids is 1. The molecule has 2 aromatic rings. The minimum atomic E-state index is -3.15. The lowest BCUT2D eigenvalue weighted by atomic mass is 9.88. The summed E-state index contributed by atoms with van der Waals surface area (Å²) in [6, 6.07) is 1.90. The average Bonchev–Trinajstić information content (AvgIpc) is 3.28. The third kappa shape index (κ3) is 10.6. The van der Waals surface area contributed by atoms with Crippen molar-refractivity contribution in [3.05, 3.63) is 40.2 Å². The number of amides is 2. The number of carbonyl (C=O) groups is 3. The molecule has 16 N–H and O–H groups in total. The van der Waals surface area contributed by atoms with Gasteiger partial charge < -0.3 is 115 Å². The van der Waals surface area contributed by atoms with Crippen molar-refractivity contribution in [2.24, 2.45) is 0 Å². The maximum atomic E-state index is 14.0. The van der Waals surface area contributed by atoms with E-state index in [-0.39, 0.29) is 22.3 Å². The van der Waals surface area contributed by atoms with Crippen molar-refractivity contribution in [3.63, 3.8) is 0 Å². The molecule has 0 saturated carbocycles. The van der Waals surface area contributed by atoms with Crippen LogP contribution in [0.1, 0.15) is 37.7 Å². The molecule has 376 valence electrons. The topological polar surface area (TPSA) is 436 Å². The Hall–Kier alpha value is -4.08. The van der Waals surface area contributed by atoms with E-state index in [0.29, 0.717) is 0 Å². The van der Waals surface area contributed by atoms with E-state index in [1.165, 1.54) is 32.0 Å². The number of hydrogen-bond donors (Lipinski definition) is 16. The first-order valence-corrected chi connectivity index (χ1v) is 21.1. The van der Waals surface area contributed by atoms with Crippen LogP contribution < -0.4 is 16.1 Å². The Morgan fingerprint density at radius 2 is 1.48 bits per heavy atom. The smallest absolute Gasteiger partial charge is 0.364 e. The van der Waals surface area contributed by atoms with E-state index in [2.05, 4.69) is 15.6 Å². The number of aromatic nitrogens is 1. The molecule has 4 aliphatic rings. The van der Waals surface area contributed by atoms with Crippen LogP contribution in [0.5, 0.6) is 5.75 Å². The van der Waals surface area contributed by atoms with Gasteiger partial charge in [-0.25, -0.2) is 4.79 Å². The highest BCUT2D eigenvalue weighted by atomic mass is 16.8. The van der Waals surface area contributed by atoms with Crippen LogP contribution in [-0.2, 0) is 42.7 Å². The molecular weight excluding hydrogens is 906 g/mol. The van der Waals surface area contributed by atoms with E-state index >= 15 is 0 Å². The molecule has 27 heteroatoms. The van der Waals surface area contributed by atoms with Crippen LogP contribution in [0.2, 0.25) is 0 Å². The van der Waals surface area contributed by atoms with E-state index in [0.717, 1.165) is 13.0 Å². The predicted molar refractivity (Wildman–Crippen MR) is 216 cm³/mol. The molecule has 4 fully saturated rings. The largest absolute Gasteiger partial charge is 0.506 e. The number of ether oxygens (including phenoxy) is 7. The maximum Gasteiger partial charge on any atom is 0.364 e. The van der Waals surface area contributed by atoms with Crippen LogP contribution in [-0.4, -0.2) is 237 Å². The molecule has 4 saturated heterocycles. The highest BCUT2D eigenvalue weighted by molar-refractivity contribution is 5.96. The molecule has 6 rings (SSSR count). The molecule has 5 heterocycles. The molecule has 1 aromatic heterocycles. The molecule has 4 aliphatic heterocycles. The van der Waals surface area contributed by atoms with Crippen molar-refractivity contribution < 1.29 is 114 Å². The van der Waals surface area contributed by atoms with Crippen LogP contribution in [0.15, 0.2) is 29.1 Å². The van der Waals surface area contributed by atoms with Gasteiger partial charge in [0.05, 0.1) is 55.7 Å². The fourth-order valence-electron chi connectivity index (χ4n) is 8.61. The number of rotatable bonds is 15. The summed E-state index contributed by atoms with van der Waals surface area (Å²) >= 11 is 0. The Kier molecular flexibility index (Phi) is 16.6. The van der Waals surface area contributed by atoms with Crippen LogP contribution >= 0.6 is 0 Å². The molecule has 0 radical (unpaired) electrons. The van der Waals surface area contributed by atoms with Gasteiger partial charge >= 0.3 is 5.97 Å². The monoisotopic (exact) mass is 963 g/mol. The van der Waals surface area contributed by atoms with Crippen molar-refractivity contribution >= 4 is 28.7 Å². The maximum absolute atomic E-state index is 14.0. The Morgan fingerprint density at radius 3 is 2.10 bits per heavy atom. The molecule has 0 spiro atoms. The van der Waals surface area contributed by atoms with Gasteiger partial charge in [0, 0.05) is 24.8 Å². The molecule has 9 unspecified atom stereocenters. The summed E-state index contributed by atoms with van der Waals surface area (Å²) in [7, 11) is 0. The van der Waals surface area contributed by atoms with Crippen molar-refractivity contribution in [2.45, 2.75) is 155 Å². The number of carbonyl (C=O) groups excluding carboxylic acids is 2. The number of phenolic OH excluding ortho intramolecular Hbond substituents is 1. The van der Waals surface area contributed by atoms with Crippen molar-refractivity contribution in [1.29, 1.82) is 0 Å². The number of aliphatic hydroxyl groups excluding tert-OH is 11. The molecule has 1 aromatic carbocycles. The third-order valence-corrected chi connectivity index (χ3v) is 12.2. The van der Waals surface area contributed by atoms with Gasteiger partial charge in [-0.2, -0.15) is 0 Å². The normalized spacial score (nSPS) is 40.1. The predicted octanol–water partition coefficient (Wildman–Crippen LogP) is -7.32. The van der Waals surface area contributed by atoms with Crippen LogP contribution in [0, 0.1) is 0 Å². The quantitative estimate of drug-likeness (QED) is 0.0788. The van der Waals surface area contributed by atoms with Crippen LogP contribution in [0.3, 0.4) is 0 Å². The number of para-hydroxylation sites is 1. The molecule has 2 amide bonds. The van der Waals surface area contributed by atoms with E-state index in [1.54, 1.807) is 0 Å². The zero-order valence-electron chi connectivity index (χ0n) is 36.0. The highest BCUT2D eigenvalue weighted by Gasteiger charge is 2.60. The van der Waals surface area contributed by atoms with Gasteiger partial charge in [0.1, 0.15) is 90.8 Å². The lowest BCUT2D eigenvalue weighted by Crippen LogP contribution is -2.71. The number of hydrogen-bond acceptors (Lipinski definition) is 23. The van der Waals surface area contributed by atoms with Gasteiger partial charge in [0.25, 0.3) is 11.7 Å². The number of carboxylic acids is 1. The highest BCUT2D eigenvalue weighted by Crippen LogP contribution is 2.39. The third-order valence-electron chi connectivity index (χ3n) is 12.2. The van der Waals surface area contributed by atoms with Crippen molar-refractivity contribution in [3.8, 4) is 5.75 Å². The summed E-state index contributed by atoms with van der Waals surface area (Å²) in [6.07, 6.45) is -34.8. The fourth-order valence-corrected chi connectivity index (χ4v) is 8.61. The number of H-pyrrole nitrogens is 1. The van der Waals surface area contributed by atoms with Crippen LogP contribution in [0.4, 0.5) is 0 Å². The second-order valence-electron chi connectivity index (χ2n) is 16.9. The lowest BCUT2D eigenvalue weighted by Gasteiger charge is -2.51. The summed E-state index contributed by atoms with van der Waals surface area (Å²) in [5.74, 6) is -7.37. The Morgan fingerprint density at radius 1 is 0.821 bits per heavy atom. The molecule has 0 bridgehead atoms. The van der Waals surface area contributed by atoms with Crippen molar-refractivity contribution in [2.75, 3.05) is 19.8 Å². The summed E-state index contributed by atoms with van der Waals surface area (Å²) < 4.78 is 41.2. The number of fused-ring (bicyclic) bond motifs is 1. The summed E-state index contributed by atoms with van der Waals surface area (Å²) in [6.45, 7) is 0.662. The van der Waals surface area contributed by atoms with Crippen molar-refractivity contribution in [1.82, 2.24) is 15.6 Å². The minimum Gasteiger partial charge on any atom is -0.506 e. The van der Waals surface area contributed by atoms with Gasteiger partial charge in [-0.15, -0.1) is 0 Å². The Balaban J connectivity index is 1.36. The van der Waals surface area contributed by atoms with Gasteiger partial charge in [-0.05, 0) is 26.0 Å². The zero-order chi connectivity index (χ0) is 49.4. The first kappa shape index (κ1) is 52.3. The Bertz CT molecular complexity index is 2120. The van der Waals surface area contributed by atoms with Crippen LogP contribution in [0.25, 0.3) is 10.9 Å². The SMILES string of the molecule is CC(=O)N[C@@H]1C(O)C[C@](OC2C(O)[C@H](O[C@@H]3C(CO)O[C@@H](C)C(NC(=O)c4cc(=O)c5cccc(O)c5[nH]4)[C@H]3O[C@@H]3OC(C)[C@@H](O)C(O)[C@@H]3O)OC(CO)[C@@H]2O)(C(=O)O)OC1[C@H](O)[C@H](O)CO. The first-order valence-electron chi connectivity index (χ1n) is 21.1. The van der Waals surface area contributed by atoms with E-state index < -0.39 is 178 Å². The fraction of sp³-hybridized carbons (Fsp3) is 0.700. The Labute approximate surface area is 378 Å². The summed E-state index contributed by atoms with van der Waals surface area (Å²) in [5.41, 5.74) is -1.15. The number of benzene rings is 1. The lowest BCUT2D eigenvalue weighted by molar-refractivity contribution is -0.385. The van der Waals surface area contributed by atoms with Gasteiger partial charge in [0.15, 0.2) is 18.0 Å². The number of aromatic hydroxyl groups is 1. The first-order chi connectivity index (χ1) is 31.6. The number of carboxylic acid groups (broad SMARTS) is 1. The zero-order valence-corrected chi connectivity index (χ0v) is 36.0. The standard InChI is InChI=1S/C40H57N3O24/c1-12-23(43-36(58)16-7-18(49)15-5-4-6-17(48)24(15)42-16)34(65-37-30(56)29(55)26(52)13(2)62-37)32(22(11-46)61-12)64-38-31(57)35(28(54)21(10-45)63-38)67-40(39(59)60)8-19(50)25(41-14(3)47)33(66-40)27(53)20(51)9-44/h4-7,12-13,19-23,25-35,37-38,44-46,48,50-57H,8-11H2,1-3H3,(H,41,47)(H,42,49)(H,43,58)(H,59,60)/t12-,13?,19?,20+,21?,22?,23?,25+,26+,27+,28-,29?,30-,31?,32+,33?,34+,35?,37-,38-,40-/m0/s1. The van der Waals surface area contributed by atoms with E-state index in [4.69, 9.17) is 33.2 Å². The van der Waals surface area contributed by atoms with Gasteiger partial charge in [-0.3, -0.25) is 14.4 Å². The molecule has 27 nitrogen and oxygen atoms in total. The van der Waals surface area contributed by atoms with Gasteiger partial charge in [-0.1, -0.05) is 6.07 Å². The minimum absolute atomic E-state index is 0.0388. The number of aliphatic hydroxyl groups is 11. The molecule has 21 atom stereocenters. The molecular formula is C40H57N3O24. The number of pyridine rings is 1. The second-order valence-corrected chi connectivity index (χ2v) is 16.9. The van der Waals surface area contributed by atoms with E-state index in [9.17, 15) is 85.6 Å². The summed E-state index contributed by atoms with van der Waals surface area (Å²) in [5, 5.41) is 144. The summed E-state index contributed by atoms with van der Waals surface area (Å²) in [4.78, 5) is 54.7. The van der Waals surface area contributed by atoms with E-state index in [1.807, 2.05) is 0 Å². The second kappa shape index (κ2) is 21.3.